The molecule has 2 aromatic heterocycles. The van der Waals surface area contributed by atoms with Crippen molar-refractivity contribution in [1.82, 2.24) is 14.8 Å². The van der Waals surface area contributed by atoms with E-state index < -0.39 is 0 Å². The van der Waals surface area contributed by atoms with Crippen molar-refractivity contribution in [1.29, 1.82) is 0 Å². The van der Waals surface area contributed by atoms with Gasteiger partial charge in [0.15, 0.2) is 0 Å². The van der Waals surface area contributed by atoms with Crippen LogP contribution >= 0.6 is 27.5 Å². The highest BCUT2D eigenvalue weighted by molar-refractivity contribution is 9.10. The first-order valence-corrected chi connectivity index (χ1v) is 9.02. The molecule has 0 radical (unpaired) electrons. The van der Waals surface area contributed by atoms with E-state index >= 15 is 0 Å². The molecule has 0 aliphatic carbocycles. The summed E-state index contributed by atoms with van der Waals surface area (Å²) in [6, 6.07) is 3.37. The van der Waals surface area contributed by atoms with Gasteiger partial charge in [-0.15, -0.1) is 0 Å². The maximum absolute atomic E-state index is 12.4. The highest BCUT2D eigenvalue weighted by Gasteiger charge is 2.27. The lowest BCUT2D eigenvalue weighted by Gasteiger charge is -2.33. The monoisotopic (exact) mass is 425 g/mol. The third-order valence-electron chi connectivity index (χ3n) is 4.24. The van der Waals surface area contributed by atoms with Gasteiger partial charge in [-0.3, -0.25) is 9.59 Å². The Hall–Kier alpha value is -1.93. The van der Waals surface area contributed by atoms with Gasteiger partial charge >= 0.3 is 0 Å². The van der Waals surface area contributed by atoms with Crippen molar-refractivity contribution in [3.05, 3.63) is 44.4 Å². The Morgan fingerprint density at radius 1 is 1.32 bits per heavy atom. The van der Waals surface area contributed by atoms with Crippen molar-refractivity contribution in [3.8, 4) is 0 Å². The first-order valence-electron chi connectivity index (χ1n) is 7.85. The molecule has 1 N–H and O–H groups in total. The van der Waals surface area contributed by atoms with Crippen molar-refractivity contribution in [2.24, 2.45) is 13.0 Å². The van der Waals surface area contributed by atoms with Crippen LogP contribution in [0.1, 0.15) is 12.8 Å². The van der Waals surface area contributed by atoms with Crippen LogP contribution in [0.4, 0.5) is 11.5 Å². The summed E-state index contributed by atoms with van der Waals surface area (Å²) in [5.74, 6) is 0.359. The van der Waals surface area contributed by atoms with Crippen LogP contribution < -0.4 is 15.8 Å². The number of halogens is 2. The lowest BCUT2D eigenvalue weighted by molar-refractivity contribution is -0.120. The van der Waals surface area contributed by atoms with Crippen LogP contribution in [0.2, 0.25) is 5.02 Å². The van der Waals surface area contributed by atoms with Gasteiger partial charge in [0, 0.05) is 32.3 Å². The molecule has 9 heteroatoms. The van der Waals surface area contributed by atoms with Crippen LogP contribution in [-0.4, -0.2) is 33.8 Å². The third-order valence-corrected chi connectivity index (χ3v) is 5.21. The van der Waals surface area contributed by atoms with E-state index in [1.165, 1.54) is 10.9 Å². The average molecular weight is 427 g/mol. The fourth-order valence-corrected chi connectivity index (χ4v) is 3.50. The second kappa shape index (κ2) is 7.53. The minimum Gasteiger partial charge on any atom is -0.369 e. The third kappa shape index (κ3) is 4.01. The lowest BCUT2D eigenvalue weighted by atomic mass is 9.95. The Balaban J connectivity index is 1.62. The maximum Gasteiger partial charge on any atom is 0.282 e. The van der Waals surface area contributed by atoms with Gasteiger partial charge in [0.1, 0.15) is 10.3 Å². The number of hydrogen-bond donors (Lipinski definition) is 1. The minimum absolute atomic E-state index is 0.0457. The SMILES string of the molecule is Cn1ncc(N2CCC(C(=O)Nc3ccc(Cl)cn3)CC2)c(Br)c1=O. The molecule has 7 nitrogen and oxygen atoms in total. The number of aromatic nitrogens is 3. The summed E-state index contributed by atoms with van der Waals surface area (Å²) < 4.78 is 1.78. The van der Waals surface area contributed by atoms with Crippen LogP contribution in [0.3, 0.4) is 0 Å². The highest BCUT2D eigenvalue weighted by atomic mass is 79.9. The van der Waals surface area contributed by atoms with Gasteiger partial charge in [0.05, 0.1) is 16.9 Å². The van der Waals surface area contributed by atoms with Crippen LogP contribution in [0, 0.1) is 5.92 Å². The largest absolute Gasteiger partial charge is 0.369 e. The van der Waals surface area contributed by atoms with Gasteiger partial charge in [-0.05, 0) is 40.9 Å². The normalized spacial score (nSPS) is 15.2. The predicted octanol–water partition coefficient (Wildman–Crippen LogP) is 2.45. The number of rotatable bonds is 3. The zero-order valence-corrected chi connectivity index (χ0v) is 15.9. The second-order valence-electron chi connectivity index (χ2n) is 5.88. The number of carbonyl (C=O) groups is 1. The molecule has 0 bridgehead atoms. The second-order valence-corrected chi connectivity index (χ2v) is 7.11. The highest BCUT2D eigenvalue weighted by Crippen LogP contribution is 2.27. The Bertz CT molecular complexity index is 831. The number of amides is 1. The molecule has 132 valence electrons. The molecule has 3 rings (SSSR count). The fraction of sp³-hybridized carbons (Fsp3) is 0.375. The molecule has 1 amide bonds. The molecular formula is C16H17BrClN5O2. The van der Waals surface area contributed by atoms with Gasteiger partial charge in [-0.25, -0.2) is 9.67 Å². The number of carbonyl (C=O) groups excluding carboxylic acids is 1. The molecule has 25 heavy (non-hydrogen) atoms. The van der Waals surface area contributed by atoms with Gasteiger partial charge < -0.3 is 10.2 Å². The Morgan fingerprint density at radius 3 is 2.68 bits per heavy atom. The Labute approximate surface area is 158 Å². The van der Waals surface area contributed by atoms with Crippen molar-refractivity contribution < 1.29 is 4.79 Å². The number of pyridine rings is 1. The zero-order chi connectivity index (χ0) is 18.0. The molecule has 0 saturated carbocycles. The predicted molar refractivity (Wildman–Crippen MR) is 100.0 cm³/mol. The number of aryl methyl sites for hydroxylation is 1. The van der Waals surface area contributed by atoms with E-state index in [2.05, 4.69) is 36.2 Å². The summed E-state index contributed by atoms with van der Waals surface area (Å²) in [6.45, 7) is 1.36. The summed E-state index contributed by atoms with van der Waals surface area (Å²) in [4.78, 5) is 30.5. The molecule has 3 heterocycles. The number of nitrogens with one attached hydrogen (secondary N) is 1. The molecule has 0 atom stereocenters. The summed E-state index contributed by atoms with van der Waals surface area (Å²) in [5.41, 5.74) is 0.590. The van der Waals surface area contributed by atoms with Crippen molar-refractivity contribution >= 4 is 44.9 Å². The fourth-order valence-electron chi connectivity index (χ4n) is 2.78. The first-order chi connectivity index (χ1) is 12.0. The molecule has 2 aromatic rings. The topological polar surface area (TPSA) is 80.1 Å². The number of anilines is 2. The van der Waals surface area contributed by atoms with E-state index in [0.717, 1.165) is 5.69 Å². The summed E-state index contributed by atoms with van der Waals surface area (Å²) in [7, 11) is 1.61. The number of nitrogens with zero attached hydrogens (tertiary/aromatic N) is 4. The Kier molecular flexibility index (Phi) is 5.39. The van der Waals surface area contributed by atoms with Crippen molar-refractivity contribution in [2.45, 2.75) is 12.8 Å². The van der Waals surface area contributed by atoms with Gasteiger partial charge in [-0.1, -0.05) is 11.6 Å². The maximum atomic E-state index is 12.4. The van der Waals surface area contributed by atoms with Crippen LogP contribution in [0.5, 0.6) is 0 Å². The standard InChI is InChI=1S/C16H17BrClN5O2/c1-22-16(25)14(17)12(9-20-22)23-6-4-10(5-7-23)15(24)21-13-3-2-11(18)8-19-13/h2-3,8-10H,4-7H2,1H3,(H,19,21,24). The van der Waals surface area contributed by atoms with E-state index in [9.17, 15) is 9.59 Å². The molecule has 1 aliphatic rings. The first kappa shape index (κ1) is 17.9. The molecule has 0 aromatic carbocycles. The quantitative estimate of drug-likeness (QED) is 0.815. The van der Waals surface area contributed by atoms with E-state index in [4.69, 9.17) is 11.6 Å². The molecule has 0 unspecified atom stereocenters. The lowest BCUT2D eigenvalue weighted by Crippen LogP contribution is -2.39. The van der Waals surface area contributed by atoms with Crippen LogP contribution in [0.15, 0.2) is 33.8 Å². The van der Waals surface area contributed by atoms with Gasteiger partial charge in [0.25, 0.3) is 5.56 Å². The molecule has 1 aliphatic heterocycles. The number of hydrogen-bond acceptors (Lipinski definition) is 5. The van der Waals surface area contributed by atoms with E-state index in [1.807, 2.05) is 0 Å². The molecule has 1 saturated heterocycles. The molecule has 1 fully saturated rings. The van der Waals surface area contributed by atoms with E-state index in [1.54, 1.807) is 25.4 Å². The summed E-state index contributed by atoms with van der Waals surface area (Å²) in [6.07, 6.45) is 4.56. The van der Waals surface area contributed by atoms with Crippen LogP contribution in [-0.2, 0) is 11.8 Å². The molecule has 0 spiro atoms. The summed E-state index contributed by atoms with van der Waals surface area (Å²) in [5, 5.41) is 7.41. The average Bonchev–Trinajstić information content (AvgIpc) is 2.62. The van der Waals surface area contributed by atoms with Crippen molar-refractivity contribution in [2.75, 3.05) is 23.3 Å². The van der Waals surface area contributed by atoms with Crippen molar-refractivity contribution in [3.63, 3.8) is 0 Å². The molecular weight excluding hydrogens is 410 g/mol. The van der Waals surface area contributed by atoms with E-state index in [0.29, 0.717) is 41.2 Å². The van der Waals surface area contributed by atoms with Gasteiger partial charge in [-0.2, -0.15) is 5.10 Å². The number of piperidine rings is 1. The minimum atomic E-state index is -0.175. The van der Waals surface area contributed by atoms with Gasteiger partial charge in [0.2, 0.25) is 5.91 Å². The van der Waals surface area contributed by atoms with Crippen LogP contribution in [0.25, 0.3) is 0 Å². The zero-order valence-electron chi connectivity index (χ0n) is 13.6. The summed E-state index contributed by atoms with van der Waals surface area (Å²) >= 11 is 9.14. The smallest absolute Gasteiger partial charge is 0.282 e. The van der Waals surface area contributed by atoms with E-state index in [-0.39, 0.29) is 17.4 Å². The Morgan fingerprint density at radius 2 is 2.04 bits per heavy atom.